The second-order valence-corrected chi connectivity index (χ2v) is 10.3. The summed E-state index contributed by atoms with van der Waals surface area (Å²) in [7, 11) is 0. The molecule has 174 valence electrons. The van der Waals surface area contributed by atoms with E-state index >= 15 is 0 Å². The quantitative estimate of drug-likeness (QED) is 0.574. The minimum Gasteiger partial charge on any atom is -0.355 e. The molecule has 2 fully saturated rings. The number of hydrogen-bond acceptors (Lipinski definition) is 6. The molecule has 0 spiro atoms. The lowest BCUT2D eigenvalue weighted by Gasteiger charge is -2.33. The third kappa shape index (κ3) is 5.71. The predicted molar refractivity (Wildman–Crippen MR) is 135 cm³/mol. The molecule has 3 aromatic rings. The zero-order valence-electron chi connectivity index (χ0n) is 19.2. The number of anilines is 1. The minimum atomic E-state index is 0.0373. The smallest absolute Gasteiger partial charge is 0.224 e. The van der Waals surface area contributed by atoms with Crippen molar-refractivity contribution in [1.82, 2.24) is 20.2 Å². The standard InChI is InChI=1S/C26H33N5OS/c32-24(22-8-5-14-31(19-22)26-29-23-9-4-12-28-25(23)33-26)27-13-17-30-15-10-21(11-16-30)18-20-6-2-1-3-7-20/h1-4,6-7,9,12,21-22H,5,8,10-11,13-19H2,(H,27,32)/t22-/m1/s1. The molecule has 6 nitrogen and oxygen atoms in total. The van der Waals surface area contributed by atoms with Gasteiger partial charge in [0.05, 0.1) is 5.92 Å². The predicted octanol–water partition coefficient (Wildman–Crippen LogP) is 3.98. The van der Waals surface area contributed by atoms with Crippen LogP contribution in [0.5, 0.6) is 0 Å². The number of hydrogen-bond donors (Lipinski definition) is 1. The van der Waals surface area contributed by atoms with E-state index in [9.17, 15) is 4.79 Å². The van der Waals surface area contributed by atoms with E-state index in [1.54, 1.807) is 11.3 Å². The molecule has 1 amide bonds. The molecule has 33 heavy (non-hydrogen) atoms. The number of piperidine rings is 2. The van der Waals surface area contributed by atoms with Gasteiger partial charge in [-0.25, -0.2) is 9.97 Å². The van der Waals surface area contributed by atoms with Gasteiger partial charge in [0, 0.05) is 32.4 Å². The highest BCUT2D eigenvalue weighted by Gasteiger charge is 2.27. The first-order valence-electron chi connectivity index (χ1n) is 12.2. The maximum atomic E-state index is 12.9. The van der Waals surface area contributed by atoms with Gasteiger partial charge in [0.1, 0.15) is 10.3 Å². The Morgan fingerprint density at radius 2 is 1.91 bits per heavy atom. The molecule has 1 aromatic carbocycles. The number of aromatic nitrogens is 2. The second-order valence-electron chi connectivity index (χ2n) is 9.38. The van der Waals surface area contributed by atoms with Crippen LogP contribution in [0.15, 0.2) is 48.7 Å². The molecule has 2 aliphatic rings. The number of rotatable bonds is 7. The fraction of sp³-hybridized carbons (Fsp3) is 0.500. The summed E-state index contributed by atoms with van der Waals surface area (Å²) in [5, 5.41) is 4.20. The van der Waals surface area contributed by atoms with Crippen molar-refractivity contribution in [3.8, 4) is 0 Å². The van der Waals surface area contributed by atoms with Gasteiger partial charge in [-0.05, 0) is 68.8 Å². The zero-order chi connectivity index (χ0) is 22.5. The van der Waals surface area contributed by atoms with Crippen molar-refractivity contribution in [2.45, 2.75) is 32.1 Å². The molecule has 2 saturated heterocycles. The summed E-state index contributed by atoms with van der Waals surface area (Å²) in [6.45, 7) is 5.66. The van der Waals surface area contributed by atoms with Crippen LogP contribution in [-0.4, -0.2) is 60.0 Å². The van der Waals surface area contributed by atoms with Crippen molar-refractivity contribution in [2.24, 2.45) is 11.8 Å². The number of amides is 1. The summed E-state index contributed by atoms with van der Waals surface area (Å²) in [4.78, 5) is 27.7. The Morgan fingerprint density at radius 1 is 1.06 bits per heavy atom. The lowest BCUT2D eigenvalue weighted by Crippen LogP contribution is -2.45. The number of fused-ring (bicyclic) bond motifs is 1. The second kappa shape index (κ2) is 10.6. The Morgan fingerprint density at radius 3 is 2.73 bits per heavy atom. The van der Waals surface area contributed by atoms with Gasteiger partial charge < -0.3 is 15.1 Å². The molecule has 4 heterocycles. The average Bonchev–Trinajstić information content (AvgIpc) is 3.30. The van der Waals surface area contributed by atoms with Crippen LogP contribution in [-0.2, 0) is 11.2 Å². The molecule has 0 aliphatic carbocycles. The maximum absolute atomic E-state index is 12.9. The van der Waals surface area contributed by atoms with Gasteiger partial charge in [-0.3, -0.25) is 4.79 Å². The fourth-order valence-corrected chi connectivity index (χ4v) is 6.05. The molecule has 0 bridgehead atoms. The van der Waals surface area contributed by atoms with E-state index < -0.39 is 0 Å². The lowest BCUT2D eigenvalue weighted by atomic mass is 9.90. The van der Waals surface area contributed by atoms with Crippen molar-refractivity contribution >= 4 is 32.7 Å². The summed E-state index contributed by atoms with van der Waals surface area (Å²) < 4.78 is 0. The third-order valence-corrected chi connectivity index (χ3v) is 8.06. The maximum Gasteiger partial charge on any atom is 0.224 e. The number of benzene rings is 1. The number of carbonyl (C=O) groups excluding carboxylic acids is 1. The van der Waals surface area contributed by atoms with E-state index in [2.05, 4.69) is 50.4 Å². The molecule has 5 rings (SSSR count). The van der Waals surface area contributed by atoms with Gasteiger partial charge in [0.2, 0.25) is 5.91 Å². The van der Waals surface area contributed by atoms with Crippen molar-refractivity contribution in [2.75, 3.05) is 44.2 Å². The molecular formula is C26H33N5OS. The first-order chi connectivity index (χ1) is 16.2. The van der Waals surface area contributed by atoms with E-state index in [0.717, 1.165) is 73.5 Å². The Balaban J connectivity index is 1.04. The molecule has 1 atom stereocenters. The molecule has 7 heteroatoms. The molecule has 0 saturated carbocycles. The summed E-state index contributed by atoms with van der Waals surface area (Å²) in [5.41, 5.74) is 2.39. The van der Waals surface area contributed by atoms with E-state index in [0.29, 0.717) is 0 Å². The normalized spacial score (nSPS) is 20.2. The average molecular weight is 464 g/mol. The summed E-state index contributed by atoms with van der Waals surface area (Å²) >= 11 is 1.62. The topological polar surface area (TPSA) is 61.4 Å². The Bertz CT molecular complexity index is 1010. The van der Waals surface area contributed by atoms with E-state index in [4.69, 9.17) is 4.98 Å². The van der Waals surface area contributed by atoms with Gasteiger partial charge >= 0.3 is 0 Å². The van der Waals surface area contributed by atoms with Crippen molar-refractivity contribution < 1.29 is 4.79 Å². The molecular weight excluding hydrogens is 430 g/mol. The van der Waals surface area contributed by atoms with Crippen LogP contribution in [0.3, 0.4) is 0 Å². The van der Waals surface area contributed by atoms with Crippen LogP contribution in [0, 0.1) is 11.8 Å². The summed E-state index contributed by atoms with van der Waals surface area (Å²) in [5.74, 6) is 1.01. The first-order valence-corrected chi connectivity index (χ1v) is 13.1. The molecule has 2 aliphatic heterocycles. The van der Waals surface area contributed by atoms with Gasteiger partial charge in [0.15, 0.2) is 5.13 Å². The monoisotopic (exact) mass is 463 g/mol. The van der Waals surface area contributed by atoms with Gasteiger partial charge in [0.25, 0.3) is 0 Å². The fourth-order valence-electron chi connectivity index (χ4n) is 5.10. The number of thiazole rings is 1. The summed E-state index contributed by atoms with van der Waals surface area (Å²) in [6, 6.07) is 14.8. The van der Waals surface area contributed by atoms with Crippen LogP contribution in [0.25, 0.3) is 10.3 Å². The SMILES string of the molecule is O=C(NCCN1CCC(Cc2ccccc2)CC1)[C@@H]1CCCN(c2nc3cccnc3s2)C1. The van der Waals surface area contributed by atoms with E-state index in [-0.39, 0.29) is 11.8 Å². The van der Waals surface area contributed by atoms with Gasteiger partial charge in [-0.1, -0.05) is 41.7 Å². The van der Waals surface area contributed by atoms with Gasteiger partial charge in [-0.2, -0.15) is 0 Å². The Hall–Kier alpha value is -2.51. The van der Waals surface area contributed by atoms with Crippen LogP contribution in [0.1, 0.15) is 31.2 Å². The van der Waals surface area contributed by atoms with Crippen LogP contribution in [0.4, 0.5) is 5.13 Å². The van der Waals surface area contributed by atoms with Crippen molar-refractivity contribution in [3.63, 3.8) is 0 Å². The highest BCUT2D eigenvalue weighted by Crippen LogP contribution is 2.30. The largest absolute Gasteiger partial charge is 0.355 e. The number of pyridine rings is 1. The summed E-state index contributed by atoms with van der Waals surface area (Å²) in [6.07, 6.45) is 7.47. The molecule has 1 N–H and O–H groups in total. The third-order valence-electron chi connectivity index (χ3n) is 7.02. The number of likely N-dealkylation sites (tertiary alicyclic amines) is 1. The van der Waals surface area contributed by atoms with E-state index in [1.165, 1.54) is 24.8 Å². The van der Waals surface area contributed by atoms with Crippen molar-refractivity contribution in [3.05, 3.63) is 54.2 Å². The zero-order valence-corrected chi connectivity index (χ0v) is 20.0. The Kier molecular flexibility index (Phi) is 7.17. The molecule has 0 radical (unpaired) electrons. The number of carbonyl (C=O) groups is 1. The first kappa shape index (κ1) is 22.3. The van der Waals surface area contributed by atoms with Gasteiger partial charge in [-0.15, -0.1) is 0 Å². The molecule has 2 aromatic heterocycles. The highest BCUT2D eigenvalue weighted by atomic mass is 32.1. The van der Waals surface area contributed by atoms with Crippen LogP contribution < -0.4 is 10.2 Å². The highest BCUT2D eigenvalue weighted by molar-refractivity contribution is 7.21. The van der Waals surface area contributed by atoms with Crippen LogP contribution in [0.2, 0.25) is 0 Å². The number of nitrogens with zero attached hydrogens (tertiary/aromatic N) is 4. The lowest BCUT2D eigenvalue weighted by molar-refractivity contribution is -0.125. The number of nitrogens with one attached hydrogen (secondary N) is 1. The minimum absolute atomic E-state index is 0.0373. The van der Waals surface area contributed by atoms with E-state index in [1.807, 2.05) is 18.3 Å². The Labute approximate surface area is 200 Å². The molecule has 0 unspecified atom stereocenters. The van der Waals surface area contributed by atoms with Crippen molar-refractivity contribution in [1.29, 1.82) is 0 Å². The van der Waals surface area contributed by atoms with Crippen LogP contribution >= 0.6 is 11.3 Å².